The first-order valence-electron chi connectivity index (χ1n) is 5.54. The Labute approximate surface area is 99.1 Å². The second-order valence-corrected chi connectivity index (χ2v) is 4.22. The molecule has 5 nitrogen and oxygen atoms in total. The molecular formula is C12H14N4O. The Morgan fingerprint density at radius 2 is 2.18 bits per heavy atom. The topological polar surface area (TPSA) is 62.1 Å². The molecular weight excluding hydrogens is 216 g/mol. The molecule has 17 heavy (non-hydrogen) atoms. The van der Waals surface area contributed by atoms with Crippen molar-refractivity contribution < 1.29 is 5.21 Å². The maximum absolute atomic E-state index is 8.91. The van der Waals surface area contributed by atoms with E-state index in [1.165, 1.54) is 11.1 Å². The molecule has 1 aliphatic rings. The zero-order chi connectivity index (χ0) is 11.8. The predicted octanol–water partition coefficient (Wildman–Crippen LogP) is 1.49. The summed E-state index contributed by atoms with van der Waals surface area (Å²) in [4.78, 5) is 4.30. The second-order valence-electron chi connectivity index (χ2n) is 4.22. The van der Waals surface area contributed by atoms with Gasteiger partial charge < -0.3 is 9.88 Å². The number of fused-ring (bicyclic) bond motifs is 1. The summed E-state index contributed by atoms with van der Waals surface area (Å²) < 4.78 is 1.82. The number of nitrogens with zero attached hydrogens (tertiary/aromatic N) is 2. The number of hydrogen-bond acceptors (Lipinski definition) is 4. The smallest absolute Gasteiger partial charge is 0.150 e. The molecule has 88 valence electrons. The molecule has 3 rings (SSSR count). The Balaban J connectivity index is 2.06. The highest BCUT2D eigenvalue weighted by Crippen LogP contribution is 2.25. The van der Waals surface area contributed by atoms with Crippen molar-refractivity contribution >= 4 is 5.82 Å². The van der Waals surface area contributed by atoms with Crippen LogP contribution >= 0.6 is 0 Å². The van der Waals surface area contributed by atoms with Crippen molar-refractivity contribution in [2.45, 2.75) is 13.1 Å². The van der Waals surface area contributed by atoms with Gasteiger partial charge in [0.25, 0.3) is 0 Å². The lowest BCUT2D eigenvalue weighted by Crippen LogP contribution is -2.00. The third-order valence-electron chi connectivity index (χ3n) is 3.20. The van der Waals surface area contributed by atoms with Gasteiger partial charge in [-0.1, -0.05) is 12.1 Å². The fraction of sp³-hybridized carbons (Fsp3) is 0.250. The van der Waals surface area contributed by atoms with Gasteiger partial charge in [0, 0.05) is 25.7 Å². The maximum Gasteiger partial charge on any atom is 0.150 e. The number of nitrogens with one attached hydrogen (secondary N) is 2. The van der Waals surface area contributed by atoms with E-state index in [1.807, 2.05) is 11.6 Å². The highest BCUT2D eigenvalue weighted by Gasteiger charge is 2.13. The van der Waals surface area contributed by atoms with Gasteiger partial charge in [-0.15, -0.1) is 0 Å². The van der Waals surface area contributed by atoms with Crippen LogP contribution in [0.15, 0.2) is 24.4 Å². The van der Waals surface area contributed by atoms with Crippen LogP contribution in [0.5, 0.6) is 0 Å². The molecule has 0 bridgehead atoms. The van der Waals surface area contributed by atoms with Crippen LogP contribution in [0.1, 0.15) is 11.1 Å². The van der Waals surface area contributed by atoms with Gasteiger partial charge in [0.2, 0.25) is 0 Å². The van der Waals surface area contributed by atoms with E-state index in [-0.39, 0.29) is 0 Å². The van der Waals surface area contributed by atoms with Crippen LogP contribution < -0.4 is 10.8 Å². The average Bonchev–Trinajstić information content (AvgIpc) is 2.94. The Kier molecular flexibility index (Phi) is 2.35. The van der Waals surface area contributed by atoms with Crippen LogP contribution in [0.4, 0.5) is 5.82 Å². The first-order valence-corrected chi connectivity index (χ1v) is 5.54. The van der Waals surface area contributed by atoms with Crippen LogP contribution in [0, 0.1) is 0 Å². The molecule has 3 N–H and O–H groups in total. The minimum absolute atomic E-state index is 0.582. The van der Waals surface area contributed by atoms with Crippen molar-refractivity contribution in [3.8, 4) is 11.4 Å². The quantitative estimate of drug-likeness (QED) is 0.684. The summed E-state index contributed by atoms with van der Waals surface area (Å²) in [7, 11) is 1.87. The summed E-state index contributed by atoms with van der Waals surface area (Å²) in [6.07, 6.45) is 1.61. The lowest BCUT2D eigenvalue weighted by molar-refractivity contribution is 0.383. The molecule has 0 radical (unpaired) electrons. The molecule has 0 spiro atoms. The third kappa shape index (κ3) is 1.60. The fourth-order valence-electron chi connectivity index (χ4n) is 2.22. The van der Waals surface area contributed by atoms with Crippen LogP contribution in [-0.4, -0.2) is 14.8 Å². The van der Waals surface area contributed by atoms with Gasteiger partial charge >= 0.3 is 0 Å². The molecule has 1 aromatic heterocycles. The molecule has 0 fully saturated rings. The zero-order valence-electron chi connectivity index (χ0n) is 9.57. The Morgan fingerprint density at radius 3 is 2.94 bits per heavy atom. The van der Waals surface area contributed by atoms with Gasteiger partial charge in [0.1, 0.15) is 11.6 Å². The average molecular weight is 230 g/mol. The van der Waals surface area contributed by atoms with Gasteiger partial charge in [-0.3, -0.25) is 10.7 Å². The summed E-state index contributed by atoms with van der Waals surface area (Å²) in [6.45, 7) is 1.86. The molecule has 2 heterocycles. The minimum Gasteiger partial charge on any atom is -0.313 e. The fourth-order valence-corrected chi connectivity index (χ4v) is 2.22. The Bertz CT molecular complexity index is 562. The molecule has 0 saturated heterocycles. The normalized spacial score (nSPS) is 13.8. The molecule has 1 aliphatic heterocycles. The summed E-state index contributed by atoms with van der Waals surface area (Å²) >= 11 is 0. The molecule has 0 saturated carbocycles. The highest BCUT2D eigenvalue weighted by molar-refractivity contribution is 5.61. The maximum atomic E-state index is 8.91. The summed E-state index contributed by atoms with van der Waals surface area (Å²) in [5.74, 6) is 1.43. The standard InChI is InChI=1S/C12H14N4O/c1-16-11(15-17)7-14-12(16)8-2-3-9-5-13-6-10(9)4-8/h2-4,7,13,15,17H,5-6H2,1H3. The van der Waals surface area contributed by atoms with Crippen LogP contribution in [0.2, 0.25) is 0 Å². The molecule has 0 atom stereocenters. The number of anilines is 1. The zero-order valence-corrected chi connectivity index (χ0v) is 9.57. The highest BCUT2D eigenvalue weighted by atomic mass is 16.5. The SMILES string of the molecule is Cn1c(NO)cnc1-c1ccc2c(c1)CNC2. The van der Waals surface area contributed by atoms with E-state index in [0.717, 1.165) is 24.5 Å². The first-order chi connectivity index (χ1) is 8.29. The number of rotatable bonds is 2. The van der Waals surface area contributed by atoms with E-state index in [0.29, 0.717) is 5.82 Å². The molecule has 2 aromatic rings. The second kappa shape index (κ2) is 3.87. The molecule has 0 amide bonds. The number of imidazole rings is 1. The van der Waals surface area contributed by atoms with E-state index in [2.05, 4.69) is 34.0 Å². The van der Waals surface area contributed by atoms with Crippen LogP contribution in [-0.2, 0) is 20.1 Å². The Hall–Kier alpha value is -1.85. The monoisotopic (exact) mass is 230 g/mol. The van der Waals surface area contributed by atoms with Crippen molar-refractivity contribution in [3.63, 3.8) is 0 Å². The molecule has 5 heteroatoms. The van der Waals surface area contributed by atoms with Crippen molar-refractivity contribution in [1.29, 1.82) is 0 Å². The molecule has 1 aromatic carbocycles. The van der Waals surface area contributed by atoms with Gasteiger partial charge in [-0.2, -0.15) is 0 Å². The van der Waals surface area contributed by atoms with E-state index in [9.17, 15) is 0 Å². The summed E-state index contributed by atoms with van der Waals surface area (Å²) in [5.41, 5.74) is 5.87. The van der Waals surface area contributed by atoms with Gasteiger partial charge in [-0.05, 0) is 17.2 Å². The van der Waals surface area contributed by atoms with Crippen molar-refractivity contribution in [1.82, 2.24) is 14.9 Å². The van der Waals surface area contributed by atoms with E-state index < -0.39 is 0 Å². The summed E-state index contributed by atoms with van der Waals surface area (Å²) in [5, 5.41) is 12.2. The van der Waals surface area contributed by atoms with Gasteiger partial charge in [0.15, 0.2) is 0 Å². The largest absolute Gasteiger partial charge is 0.313 e. The molecule has 0 unspecified atom stereocenters. The van der Waals surface area contributed by atoms with Crippen molar-refractivity contribution in [2.24, 2.45) is 7.05 Å². The van der Waals surface area contributed by atoms with Gasteiger partial charge in [-0.25, -0.2) is 4.98 Å². The Morgan fingerprint density at radius 1 is 1.35 bits per heavy atom. The van der Waals surface area contributed by atoms with Crippen LogP contribution in [0.3, 0.4) is 0 Å². The van der Waals surface area contributed by atoms with Gasteiger partial charge in [0.05, 0.1) is 6.20 Å². The lowest BCUT2D eigenvalue weighted by atomic mass is 10.1. The molecule has 0 aliphatic carbocycles. The minimum atomic E-state index is 0.582. The summed E-state index contributed by atoms with van der Waals surface area (Å²) in [6, 6.07) is 6.35. The van der Waals surface area contributed by atoms with Crippen LogP contribution in [0.25, 0.3) is 11.4 Å². The number of aromatic nitrogens is 2. The number of hydrogen-bond donors (Lipinski definition) is 3. The van der Waals surface area contributed by atoms with Crippen molar-refractivity contribution in [3.05, 3.63) is 35.5 Å². The first kappa shape index (κ1) is 10.3. The van der Waals surface area contributed by atoms with E-state index in [4.69, 9.17) is 5.21 Å². The van der Waals surface area contributed by atoms with Crippen molar-refractivity contribution in [2.75, 3.05) is 5.48 Å². The van der Waals surface area contributed by atoms with E-state index >= 15 is 0 Å². The lowest BCUT2D eigenvalue weighted by Gasteiger charge is -2.06. The predicted molar refractivity (Wildman–Crippen MR) is 64.6 cm³/mol. The third-order valence-corrected chi connectivity index (χ3v) is 3.20. The number of benzene rings is 1. The van der Waals surface area contributed by atoms with E-state index in [1.54, 1.807) is 6.20 Å².